The zero-order valence-electron chi connectivity index (χ0n) is 13.5. The van der Waals surface area contributed by atoms with Crippen molar-refractivity contribution >= 4 is 16.7 Å². The van der Waals surface area contributed by atoms with Crippen LogP contribution in [-0.4, -0.2) is 22.3 Å². The van der Waals surface area contributed by atoms with Gasteiger partial charge in [0.25, 0.3) is 11.5 Å². The zero-order valence-corrected chi connectivity index (χ0v) is 13.5. The first-order valence-electron chi connectivity index (χ1n) is 8.32. The van der Waals surface area contributed by atoms with Crippen LogP contribution < -0.4 is 5.56 Å². The molecule has 1 aromatic heterocycles. The van der Waals surface area contributed by atoms with Crippen molar-refractivity contribution in [2.45, 2.75) is 18.9 Å². The lowest BCUT2D eigenvalue weighted by atomic mass is 10.0. The van der Waals surface area contributed by atoms with Crippen LogP contribution in [0.4, 0.5) is 4.39 Å². The number of carbonyl (C=O) groups is 1. The van der Waals surface area contributed by atoms with Crippen LogP contribution in [0.2, 0.25) is 0 Å². The number of likely N-dealkylation sites (tertiary alicyclic amines) is 1. The van der Waals surface area contributed by atoms with Crippen molar-refractivity contribution in [2.24, 2.45) is 0 Å². The molecule has 0 bridgehead atoms. The Morgan fingerprint density at radius 3 is 2.80 bits per heavy atom. The minimum absolute atomic E-state index is 0.168. The lowest BCUT2D eigenvalue weighted by Gasteiger charge is -2.25. The van der Waals surface area contributed by atoms with Crippen LogP contribution in [0.5, 0.6) is 0 Å². The number of fused-ring (bicyclic) bond motifs is 1. The van der Waals surface area contributed by atoms with Gasteiger partial charge in [-0.05, 0) is 48.1 Å². The number of hydrogen-bond acceptors (Lipinski definition) is 2. The number of aromatic nitrogens is 1. The van der Waals surface area contributed by atoms with E-state index >= 15 is 0 Å². The quantitative estimate of drug-likeness (QED) is 0.777. The summed E-state index contributed by atoms with van der Waals surface area (Å²) in [5, 5.41) is 1.29. The Kier molecular flexibility index (Phi) is 3.84. The first-order chi connectivity index (χ1) is 12.1. The first kappa shape index (κ1) is 15.6. The maximum absolute atomic E-state index is 13.5. The largest absolute Gasteiger partial charge is 0.330 e. The average Bonchev–Trinajstić information content (AvgIpc) is 3.11. The minimum atomic E-state index is -0.309. The number of halogens is 1. The summed E-state index contributed by atoms with van der Waals surface area (Å²) in [6.07, 6.45) is 1.64. The predicted octanol–water partition coefficient (Wildman–Crippen LogP) is 3.64. The Balaban J connectivity index is 1.71. The molecule has 0 saturated carbocycles. The second-order valence-electron chi connectivity index (χ2n) is 6.31. The van der Waals surface area contributed by atoms with E-state index in [2.05, 4.69) is 4.98 Å². The van der Waals surface area contributed by atoms with Crippen LogP contribution in [0.15, 0.2) is 59.4 Å². The first-order valence-corrected chi connectivity index (χ1v) is 8.32. The monoisotopic (exact) mass is 336 g/mol. The third-order valence-electron chi connectivity index (χ3n) is 4.73. The molecule has 1 amide bonds. The standard InChI is InChI=1S/C20H17FN2O2/c21-15-7-3-6-14(11-15)18-9-4-10-23(18)20(25)17-12-13-5-1-2-8-16(13)19(24)22-17/h1-3,5-8,11-12,18H,4,9-10H2,(H,22,24). The van der Waals surface area contributed by atoms with Gasteiger partial charge in [0.1, 0.15) is 11.5 Å². The molecule has 5 heteroatoms. The van der Waals surface area contributed by atoms with Crippen LogP contribution in [-0.2, 0) is 0 Å². The number of amides is 1. The summed E-state index contributed by atoms with van der Waals surface area (Å²) in [6.45, 7) is 0.592. The third kappa shape index (κ3) is 2.82. The van der Waals surface area contributed by atoms with Crippen LogP contribution >= 0.6 is 0 Å². The van der Waals surface area contributed by atoms with Gasteiger partial charge >= 0.3 is 0 Å². The number of hydrogen-bond donors (Lipinski definition) is 1. The lowest BCUT2D eigenvalue weighted by molar-refractivity contribution is 0.0729. The molecule has 1 atom stereocenters. The molecule has 1 fully saturated rings. The fraction of sp³-hybridized carbons (Fsp3) is 0.200. The molecule has 2 aromatic carbocycles. The van der Waals surface area contributed by atoms with Crippen LogP contribution in [0, 0.1) is 5.82 Å². The van der Waals surface area contributed by atoms with Crippen LogP contribution in [0.3, 0.4) is 0 Å². The number of aromatic amines is 1. The van der Waals surface area contributed by atoms with E-state index < -0.39 is 0 Å². The summed E-state index contributed by atoms with van der Waals surface area (Å²) >= 11 is 0. The number of pyridine rings is 1. The van der Waals surface area contributed by atoms with Gasteiger partial charge in [0.15, 0.2) is 0 Å². The summed E-state index contributed by atoms with van der Waals surface area (Å²) < 4.78 is 13.5. The molecule has 3 aromatic rings. The zero-order chi connectivity index (χ0) is 17.4. The maximum Gasteiger partial charge on any atom is 0.270 e. The number of rotatable bonds is 2. The smallest absolute Gasteiger partial charge is 0.270 e. The number of nitrogens with zero attached hydrogens (tertiary/aromatic N) is 1. The highest BCUT2D eigenvalue weighted by atomic mass is 19.1. The molecule has 126 valence electrons. The highest BCUT2D eigenvalue weighted by molar-refractivity contribution is 5.96. The molecule has 1 saturated heterocycles. The van der Waals surface area contributed by atoms with Gasteiger partial charge in [-0.25, -0.2) is 4.39 Å². The normalized spacial score (nSPS) is 17.2. The Morgan fingerprint density at radius 2 is 1.96 bits per heavy atom. The Bertz CT molecular complexity index is 1010. The van der Waals surface area contributed by atoms with E-state index in [1.165, 1.54) is 12.1 Å². The minimum Gasteiger partial charge on any atom is -0.330 e. The second kappa shape index (κ2) is 6.16. The van der Waals surface area contributed by atoms with E-state index in [4.69, 9.17) is 0 Å². The maximum atomic E-state index is 13.5. The molecular weight excluding hydrogens is 319 g/mol. The Hall–Kier alpha value is -2.95. The highest BCUT2D eigenvalue weighted by Crippen LogP contribution is 2.33. The van der Waals surface area contributed by atoms with Crippen molar-refractivity contribution in [3.05, 3.63) is 82.0 Å². The van der Waals surface area contributed by atoms with E-state index in [1.807, 2.05) is 18.2 Å². The Labute approximate surface area is 143 Å². The molecule has 4 rings (SSSR count). The van der Waals surface area contributed by atoms with Gasteiger partial charge < -0.3 is 9.88 Å². The topological polar surface area (TPSA) is 53.2 Å². The second-order valence-corrected chi connectivity index (χ2v) is 6.31. The van der Waals surface area contributed by atoms with E-state index in [0.717, 1.165) is 23.8 Å². The molecule has 4 nitrogen and oxygen atoms in total. The lowest BCUT2D eigenvalue weighted by Crippen LogP contribution is -2.32. The molecule has 2 heterocycles. The van der Waals surface area contributed by atoms with E-state index in [9.17, 15) is 14.0 Å². The average molecular weight is 336 g/mol. The van der Waals surface area contributed by atoms with Gasteiger partial charge in [-0.3, -0.25) is 9.59 Å². The Morgan fingerprint density at radius 1 is 1.12 bits per heavy atom. The SMILES string of the molecule is O=C(c1cc2ccccc2c(=O)[nH]1)N1CCCC1c1cccc(F)c1. The fourth-order valence-electron chi connectivity index (χ4n) is 3.55. The van der Waals surface area contributed by atoms with Gasteiger partial charge in [-0.1, -0.05) is 30.3 Å². The number of benzene rings is 2. The van der Waals surface area contributed by atoms with Gasteiger partial charge in [-0.2, -0.15) is 0 Å². The number of carbonyl (C=O) groups excluding carboxylic acids is 1. The van der Waals surface area contributed by atoms with Gasteiger partial charge in [0, 0.05) is 11.9 Å². The molecular formula is C20H17FN2O2. The summed E-state index contributed by atoms with van der Waals surface area (Å²) in [4.78, 5) is 29.6. The van der Waals surface area contributed by atoms with Crippen LogP contribution in [0.25, 0.3) is 10.8 Å². The van der Waals surface area contributed by atoms with Gasteiger partial charge in [-0.15, -0.1) is 0 Å². The summed E-state index contributed by atoms with van der Waals surface area (Å²) in [7, 11) is 0. The van der Waals surface area contributed by atoms with Crippen molar-refractivity contribution in [2.75, 3.05) is 6.54 Å². The molecule has 0 spiro atoms. The van der Waals surface area contributed by atoms with Crippen molar-refractivity contribution in [1.82, 2.24) is 9.88 Å². The van der Waals surface area contributed by atoms with Gasteiger partial charge in [0.05, 0.1) is 6.04 Å². The summed E-state index contributed by atoms with van der Waals surface area (Å²) in [5.41, 5.74) is 0.781. The van der Waals surface area contributed by atoms with Crippen molar-refractivity contribution in [1.29, 1.82) is 0 Å². The summed E-state index contributed by atoms with van der Waals surface area (Å²) in [6, 6.07) is 15.1. The van der Waals surface area contributed by atoms with Crippen molar-refractivity contribution in [3.8, 4) is 0 Å². The highest BCUT2D eigenvalue weighted by Gasteiger charge is 2.31. The molecule has 1 aliphatic rings. The predicted molar refractivity (Wildman–Crippen MR) is 94.0 cm³/mol. The summed E-state index contributed by atoms with van der Waals surface area (Å²) in [5.74, 6) is -0.537. The van der Waals surface area contributed by atoms with Crippen LogP contribution in [0.1, 0.15) is 34.9 Å². The van der Waals surface area contributed by atoms with Gasteiger partial charge in [0.2, 0.25) is 0 Å². The van der Waals surface area contributed by atoms with Crippen molar-refractivity contribution in [3.63, 3.8) is 0 Å². The van der Waals surface area contributed by atoms with E-state index in [1.54, 1.807) is 29.2 Å². The third-order valence-corrected chi connectivity index (χ3v) is 4.73. The molecule has 0 radical (unpaired) electrons. The number of nitrogens with one attached hydrogen (secondary N) is 1. The fourth-order valence-corrected chi connectivity index (χ4v) is 3.55. The molecule has 25 heavy (non-hydrogen) atoms. The van der Waals surface area contributed by atoms with Crippen molar-refractivity contribution < 1.29 is 9.18 Å². The number of H-pyrrole nitrogens is 1. The van der Waals surface area contributed by atoms with E-state index in [0.29, 0.717) is 11.9 Å². The molecule has 1 unspecified atom stereocenters. The van der Waals surface area contributed by atoms with E-state index in [-0.39, 0.29) is 29.0 Å². The molecule has 0 aliphatic carbocycles. The molecule has 1 N–H and O–H groups in total. The molecule has 1 aliphatic heterocycles.